The van der Waals surface area contributed by atoms with Gasteiger partial charge in [-0.15, -0.1) is 0 Å². The first kappa shape index (κ1) is 19.9. The second kappa shape index (κ2) is 9.87. The Bertz CT molecular complexity index is 770. The van der Waals surface area contributed by atoms with Gasteiger partial charge in [0.1, 0.15) is 0 Å². The van der Waals surface area contributed by atoms with E-state index in [1.54, 1.807) is 6.20 Å². The van der Waals surface area contributed by atoms with Gasteiger partial charge in [-0.1, -0.05) is 18.2 Å². The zero-order valence-corrected chi connectivity index (χ0v) is 16.6. The predicted molar refractivity (Wildman–Crippen MR) is 110 cm³/mol. The Morgan fingerprint density at radius 3 is 2.79 bits per heavy atom. The first-order valence-corrected chi connectivity index (χ1v) is 10.3. The van der Waals surface area contributed by atoms with Gasteiger partial charge >= 0.3 is 6.03 Å². The first-order chi connectivity index (χ1) is 14.3. The molecule has 2 N–H and O–H groups in total. The maximum atomic E-state index is 12.7. The van der Waals surface area contributed by atoms with Crippen molar-refractivity contribution in [2.24, 2.45) is 5.92 Å². The maximum absolute atomic E-state index is 12.7. The highest BCUT2D eigenvalue weighted by atomic mass is 16.5. The van der Waals surface area contributed by atoms with Crippen molar-refractivity contribution in [1.29, 1.82) is 0 Å². The van der Waals surface area contributed by atoms with Crippen molar-refractivity contribution in [2.75, 3.05) is 51.4 Å². The van der Waals surface area contributed by atoms with Crippen molar-refractivity contribution in [1.82, 2.24) is 20.0 Å². The van der Waals surface area contributed by atoms with Crippen molar-refractivity contribution < 1.29 is 14.3 Å². The number of hydrogen-bond donors (Lipinski definition) is 2. The third-order valence-corrected chi connectivity index (χ3v) is 5.65. The molecule has 2 amide bonds. The van der Waals surface area contributed by atoms with E-state index in [0.717, 1.165) is 57.2 Å². The molecule has 8 heteroatoms. The molecule has 0 bridgehead atoms. The van der Waals surface area contributed by atoms with E-state index in [0.29, 0.717) is 19.0 Å². The second-order valence-electron chi connectivity index (χ2n) is 7.54. The fraction of sp³-hybridized carbons (Fsp3) is 0.524. The van der Waals surface area contributed by atoms with Crippen LogP contribution in [0, 0.1) is 5.92 Å². The quantitative estimate of drug-likeness (QED) is 0.742. The number of benzene rings is 1. The van der Waals surface area contributed by atoms with Crippen LogP contribution >= 0.6 is 0 Å². The highest BCUT2D eigenvalue weighted by Crippen LogP contribution is 2.22. The fourth-order valence-electron chi connectivity index (χ4n) is 4.07. The third kappa shape index (κ3) is 5.35. The van der Waals surface area contributed by atoms with E-state index in [9.17, 15) is 4.79 Å². The average molecular weight is 399 g/mol. The molecule has 2 saturated heterocycles. The Morgan fingerprint density at radius 2 is 2.03 bits per heavy atom. The summed E-state index contributed by atoms with van der Waals surface area (Å²) >= 11 is 0. The SMILES string of the molecule is O=C(NC[C@H]([C@H]1CCOC1)N1CCOCC1)Nc1ccccc1Cn1cccn1. The number of urea groups is 1. The van der Waals surface area contributed by atoms with E-state index in [1.165, 1.54) is 0 Å². The summed E-state index contributed by atoms with van der Waals surface area (Å²) in [6, 6.07) is 9.79. The Morgan fingerprint density at radius 1 is 1.17 bits per heavy atom. The van der Waals surface area contributed by atoms with Crippen molar-refractivity contribution in [3.63, 3.8) is 0 Å². The van der Waals surface area contributed by atoms with Gasteiger partial charge in [0.2, 0.25) is 0 Å². The zero-order valence-electron chi connectivity index (χ0n) is 16.6. The topological polar surface area (TPSA) is 80.6 Å². The number of nitrogens with one attached hydrogen (secondary N) is 2. The molecule has 1 aromatic heterocycles. The molecule has 0 saturated carbocycles. The number of morpholine rings is 1. The van der Waals surface area contributed by atoms with Crippen molar-refractivity contribution in [3.8, 4) is 0 Å². The van der Waals surface area contributed by atoms with Gasteiger partial charge in [-0.25, -0.2) is 4.79 Å². The average Bonchev–Trinajstić information content (AvgIpc) is 3.45. The van der Waals surface area contributed by atoms with Crippen molar-refractivity contribution in [3.05, 3.63) is 48.3 Å². The summed E-state index contributed by atoms with van der Waals surface area (Å²) in [7, 11) is 0. The molecule has 3 heterocycles. The molecule has 2 atom stereocenters. The Kier molecular flexibility index (Phi) is 6.76. The summed E-state index contributed by atoms with van der Waals surface area (Å²) in [4.78, 5) is 15.1. The molecule has 2 aliphatic rings. The van der Waals surface area contributed by atoms with E-state index in [1.807, 2.05) is 41.2 Å². The Hall–Kier alpha value is -2.42. The van der Waals surface area contributed by atoms with Crippen LogP contribution in [0.25, 0.3) is 0 Å². The van der Waals surface area contributed by atoms with Gasteiger partial charge in [-0.2, -0.15) is 5.10 Å². The summed E-state index contributed by atoms with van der Waals surface area (Å²) in [5, 5.41) is 10.3. The number of nitrogens with zero attached hydrogens (tertiary/aromatic N) is 3. The van der Waals surface area contributed by atoms with E-state index < -0.39 is 0 Å². The van der Waals surface area contributed by atoms with Gasteiger partial charge in [0.25, 0.3) is 0 Å². The molecule has 0 aliphatic carbocycles. The minimum atomic E-state index is -0.185. The molecule has 0 unspecified atom stereocenters. The molecule has 156 valence electrons. The molecule has 1 aromatic carbocycles. The molecule has 2 aromatic rings. The summed E-state index contributed by atoms with van der Waals surface area (Å²) < 4.78 is 12.9. The first-order valence-electron chi connectivity index (χ1n) is 10.3. The van der Waals surface area contributed by atoms with Crippen molar-refractivity contribution in [2.45, 2.75) is 19.0 Å². The van der Waals surface area contributed by atoms with Crippen LogP contribution in [0.1, 0.15) is 12.0 Å². The third-order valence-electron chi connectivity index (χ3n) is 5.65. The highest BCUT2D eigenvalue weighted by molar-refractivity contribution is 5.90. The lowest BCUT2D eigenvalue weighted by atomic mass is 9.97. The molecular weight excluding hydrogens is 370 g/mol. The number of para-hydroxylation sites is 1. The monoisotopic (exact) mass is 399 g/mol. The zero-order chi connectivity index (χ0) is 19.9. The summed E-state index contributed by atoms with van der Waals surface area (Å²) in [5.41, 5.74) is 1.81. The second-order valence-corrected chi connectivity index (χ2v) is 7.54. The predicted octanol–water partition coefficient (Wildman–Crippen LogP) is 1.79. The maximum Gasteiger partial charge on any atom is 0.319 e. The Labute approximate surface area is 171 Å². The molecule has 0 spiro atoms. The number of carbonyl (C=O) groups is 1. The number of ether oxygens (including phenoxy) is 2. The number of hydrogen-bond acceptors (Lipinski definition) is 5. The fourth-order valence-corrected chi connectivity index (χ4v) is 4.07. The van der Waals surface area contributed by atoms with Crippen LogP contribution in [0.4, 0.5) is 10.5 Å². The number of aromatic nitrogens is 2. The van der Waals surface area contributed by atoms with Crippen LogP contribution in [0.15, 0.2) is 42.7 Å². The van der Waals surface area contributed by atoms with Gasteiger partial charge in [0, 0.05) is 56.3 Å². The van der Waals surface area contributed by atoms with Crippen LogP contribution in [-0.2, 0) is 16.0 Å². The molecule has 8 nitrogen and oxygen atoms in total. The van der Waals surface area contributed by atoms with E-state index in [4.69, 9.17) is 9.47 Å². The van der Waals surface area contributed by atoms with Crippen LogP contribution in [0.2, 0.25) is 0 Å². The standard InChI is InChI=1S/C21H29N5O3/c27-21(24-19-5-2-1-4-17(19)15-26-8-3-7-23-26)22-14-20(18-6-11-29-16-18)25-9-12-28-13-10-25/h1-5,7-8,18,20H,6,9-16H2,(H2,22,24,27)/t18-,20+/m0/s1. The number of rotatable bonds is 7. The van der Waals surface area contributed by atoms with Gasteiger partial charge in [-0.3, -0.25) is 9.58 Å². The molecular formula is C21H29N5O3. The molecule has 2 aliphatic heterocycles. The smallest absolute Gasteiger partial charge is 0.319 e. The largest absolute Gasteiger partial charge is 0.381 e. The van der Waals surface area contributed by atoms with E-state index >= 15 is 0 Å². The molecule has 2 fully saturated rings. The van der Waals surface area contributed by atoms with Gasteiger partial charge < -0.3 is 20.1 Å². The number of amides is 2. The summed E-state index contributed by atoms with van der Waals surface area (Å²) in [6.07, 6.45) is 4.70. The van der Waals surface area contributed by atoms with Gasteiger partial charge in [-0.05, 0) is 24.1 Å². The highest BCUT2D eigenvalue weighted by Gasteiger charge is 2.31. The van der Waals surface area contributed by atoms with Crippen molar-refractivity contribution >= 4 is 11.7 Å². The molecule has 4 rings (SSSR count). The summed E-state index contributed by atoms with van der Waals surface area (Å²) in [6.45, 7) is 6.07. The molecule has 29 heavy (non-hydrogen) atoms. The summed E-state index contributed by atoms with van der Waals surface area (Å²) in [5.74, 6) is 0.445. The van der Waals surface area contributed by atoms with Crippen LogP contribution < -0.4 is 10.6 Å². The number of carbonyl (C=O) groups excluding carboxylic acids is 1. The number of anilines is 1. The minimum Gasteiger partial charge on any atom is -0.381 e. The van der Waals surface area contributed by atoms with E-state index in [-0.39, 0.29) is 12.1 Å². The van der Waals surface area contributed by atoms with Crippen LogP contribution in [0.5, 0.6) is 0 Å². The van der Waals surface area contributed by atoms with Crippen LogP contribution in [-0.4, -0.2) is 72.8 Å². The Balaban J connectivity index is 1.36. The van der Waals surface area contributed by atoms with Gasteiger partial charge in [0.05, 0.1) is 26.4 Å². The lowest BCUT2D eigenvalue weighted by molar-refractivity contribution is 0.00222. The van der Waals surface area contributed by atoms with Gasteiger partial charge in [0.15, 0.2) is 0 Å². The van der Waals surface area contributed by atoms with E-state index in [2.05, 4.69) is 20.6 Å². The minimum absolute atomic E-state index is 0.185. The lowest BCUT2D eigenvalue weighted by Crippen LogP contribution is -2.52. The van der Waals surface area contributed by atoms with Crippen LogP contribution in [0.3, 0.4) is 0 Å². The lowest BCUT2D eigenvalue weighted by Gasteiger charge is -2.37. The molecule has 0 radical (unpaired) electrons. The normalized spacial score (nSPS) is 21.0.